The van der Waals surface area contributed by atoms with Crippen molar-refractivity contribution in [3.8, 4) is 11.5 Å². The summed E-state index contributed by atoms with van der Waals surface area (Å²) in [4.78, 5) is 26.8. The molecule has 2 aromatic rings. The molecule has 9 nitrogen and oxygen atoms in total. The van der Waals surface area contributed by atoms with Crippen LogP contribution in [0.1, 0.15) is 65.8 Å². The molecule has 2 heterocycles. The third-order valence-corrected chi connectivity index (χ3v) is 7.65. The third-order valence-electron chi connectivity index (χ3n) is 7.65. The quantitative estimate of drug-likeness (QED) is 0.242. The number of methoxy groups -OCH3 is 2. The topological polar surface area (TPSA) is 98.8 Å². The second kappa shape index (κ2) is 13.1. The van der Waals surface area contributed by atoms with Gasteiger partial charge in [0.2, 0.25) is 0 Å². The van der Waals surface area contributed by atoms with E-state index in [-0.39, 0.29) is 18.8 Å². The van der Waals surface area contributed by atoms with Crippen molar-refractivity contribution >= 4 is 18.0 Å². The first-order chi connectivity index (χ1) is 20.3. The van der Waals surface area contributed by atoms with Crippen LogP contribution in [-0.4, -0.2) is 63.2 Å². The van der Waals surface area contributed by atoms with Gasteiger partial charge in [-0.05, 0) is 69.4 Å². The molecule has 1 saturated carbocycles. The Hall–Kier alpha value is -3.66. The Balaban J connectivity index is 1.54. The maximum absolute atomic E-state index is 13.7. The predicted molar refractivity (Wildman–Crippen MR) is 154 cm³/mol. The highest BCUT2D eigenvalue weighted by atomic mass is 16.8. The highest BCUT2D eigenvalue weighted by Crippen LogP contribution is 2.37. The van der Waals surface area contributed by atoms with Crippen LogP contribution in [0.2, 0.25) is 0 Å². The number of carbonyl (C=O) groups excluding carboxylic acids is 2. The Kier molecular flexibility index (Phi) is 9.30. The number of rotatable bonds is 6. The summed E-state index contributed by atoms with van der Waals surface area (Å²) in [6, 6.07) is 12.3. The first-order valence-electron chi connectivity index (χ1n) is 14.3. The van der Waals surface area contributed by atoms with Crippen LogP contribution in [0.5, 0.6) is 11.5 Å². The maximum atomic E-state index is 13.7. The number of hydrogen-bond donors (Lipinski definition) is 0. The predicted octanol–water partition coefficient (Wildman–Crippen LogP) is 5.72. The molecule has 2 aromatic carbocycles. The standard InChI is InChI=1S/C33H38O9/c1-33(2)41-27-15-9-13-23-18-24(37-4)19-28(38-20-36-3)29(23)32(35)39-25-14-8-12-21(25)16-17-26(30(27)42-33)40-31(34)22-10-6-5-7-11-22/h5-7,9-11,13,16-19,21,25-27,30H,8,12,14-15,20H2,1-4H3/t21-,25+,26?,27-,30+/m0/s1. The van der Waals surface area contributed by atoms with Crippen LogP contribution >= 0.6 is 0 Å². The van der Waals surface area contributed by atoms with E-state index in [0.29, 0.717) is 41.0 Å². The summed E-state index contributed by atoms with van der Waals surface area (Å²) in [5.41, 5.74) is 1.32. The fourth-order valence-electron chi connectivity index (χ4n) is 5.72. The SMILES string of the molecule is COCOc1cc(OC)cc2c1C(=O)O[C@@H]1CCC[C@H]1C=CC(OC(=O)c1ccccc1)[C@H]1OC(C)(C)O[C@H]1CC=C2. The van der Waals surface area contributed by atoms with E-state index in [0.717, 1.165) is 12.8 Å². The van der Waals surface area contributed by atoms with Crippen LogP contribution < -0.4 is 9.47 Å². The normalized spacial score (nSPS) is 26.8. The molecule has 2 aliphatic heterocycles. The number of hydrogen-bond acceptors (Lipinski definition) is 9. The highest BCUT2D eigenvalue weighted by Gasteiger charge is 2.46. The van der Waals surface area contributed by atoms with Crippen molar-refractivity contribution in [2.24, 2.45) is 5.92 Å². The van der Waals surface area contributed by atoms with E-state index in [9.17, 15) is 9.59 Å². The van der Waals surface area contributed by atoms with Crippen molar-refractivity contribution in [3.05, 3.63) is 77.4 Å². The van der Waals surface area contributed by atoms with E-state index in [4.69, 9.17) is 33.2 Å². The highest BCUT2D eigenvalue weighted by molar-refractivity contribution is 5.97. The number of fused-ring (bicyclic) bond motifs is 3. The molecule has 1 aliphatic carbocycles. The van der Waals surface area contributed by atoms with Crippen molar-refractivity contribution in [1.29, 1.82) is 0 Å². The first-order valence-corrected chi connectivity index (χ1v) is 14.3. The van der Waals surface area contributed by atoms with Gasteiger partial charge in [0.05, 0.1) is 18.8 Å². The van der Waals surface area contributed by atoms with Gasteiger partial charge in [-0.15, -0.1) is 0 Å². The van der Waals surface area contributed by atoms with Gasteiger partial charge >= 0.3 is 11.9 Å². The van der Waals surface area contributed by atoms with Gasteiger partial charge in [0.1, 0.15) is 35.4 Å². The van der Waals surface area contributed by atoms with E-state index >= 15 is 0 Å². The Bertz CT molecular complexity index is 1320. The Morgan fingerprint density at radius 3 is 2.60 bits per heavy atom. The molecule has 0 N–H and O–H groups in total. The molecular weight excluding hydrogens is 540 g/mol. The number of ether oxygens (including phenoxy) is 7. The molecule has 0 spiro atoms. The van der Waals surface area contributed by atoms with Crippen molar-refractivity contribution in [2.75, 3.05) is 21.0 Å². The molecule has 0 amide bonds. The fourth-order valence-corrected chi connectivity index (χ4v) is 5.72. The Labute approximate surface area is 246 Å². The van der Waals surface area contributed by atoms with Gasteiger partial charge in [-0.25, -0.2) is 9.59 Å². The number of esters is 2. The van der Waals surface area contributed by atoms with E-state index < -0.39 is 36.0 Å². The molecule has 5 rings (SSSR count). The van der Waals surface area contributed by atoms with Crippen LogP contribution in [0.4, 0.5) is 0 Å². The Morgan fingerprint density at radius 1 is 1.02 bits per heavy atom. The first kappa shape index (κ1) is 29.8. The monoisotopic (exact) mass is 578 g/mol. The minimum atomic E-state index is -0.889. The van der Waals surface area contributed by atoms with Gasteiger partial charge in [-0.2, -0.15) is 0 Å². The average molecular weight is 579 g/mol. The molecule has 0 bridgehead atoms. The number of carbonyl (C=O) groups is 2. The van der Waals surface area contributed by atoms with Gasteiger partial charge in [0.25, 0.3) is 0 Å². The second-order valence-corrected chi connectivity index (χ2v) is 11.1. The molecule has 2 fully saturated rings. The van der Waals surface area contributed by atoms with Crippen molar-refractivity contribution in [1.82, 2.24) is 0 Å². The van der Waals surface area contributed by atoms with Crippen LogP contribution in [0, 0.1) is 5.92 Å². The van der Waals surface area contributed by atoms with E-state index in [1.54, 1.807) is 43.5 Å². The lowest BCUT2D eigenvalue weighted by molar-refractivity contribution is -0.152. The van der Waals surface area contributed by atoms with Gasteiger partial charge in [0, 0.05) is 19.1 Å². The van der Waals surface area contributed by atoms with Crippen molar-refractivity contribution < 1.29 is 42.7 Å². The van der Waals surface area contributed by atoms with E-state index in [2.05, 4.69) is 0 Å². The van der Waals surface area contributed by atoms with Crippen molar-refractivity contribution in [2.45, 2.75) is 69.7 Å². The summed E-state index contributed by atoms with van der Waals surface area (Å²) < 4.78 is 41.2. The molecule has 3 aliphatic rings. The van der Waals surface area contributed by atoms with Gasteiger partial charge < -0.3 is 33.2 Å². The smallest absolute Gasteiger partial charge is 0.342 e. The zero-order chi connectivity index (χ0) is 29.7. The second-order valence-electron chi connectivity index (χ2n) is 11.1. The molecule has 42 heavy (non-hydrogen) atoms. The maximum Gasteiger partial charge on any atom is 0.342 e. The molecule has 0 aromatic heterocycles. The van der Waals surface area contributed by atoms with Crippen LogP contribution in [-0.2, 0) is 23.7 Å². The molecule has 1 unspecified atom stereocenters. The molecule has 5 atom stereocenters. The van der Waals surface area contributed by atoms with Crippen LogP contribution in [0.25, 0.3) is 6.08 Å². The minimum absolute atomic E-state index is 0.0432. The zero-order valence-electron chi connectivity index (χ0n) is 24.4. The lowest BCUT2D eigenvalue weighted by Gasteiger charge is -2.25. The third kappa shape index (κ3) is 6.86. The van der Waals surface area contributed by atoms with Gasteiger partial charge in [-0.3, -0.25) is 0 Å². The van der Waals surface area contributed by atoms with Crippen LogP contribution in [0.3, 0.4) is 0 Å². The fraction of sp³-hybridized carbons (Fsp3) is 0.455. The lowest BCUT2D eigenvalue weighted by Crippen LogP contribution is -2.37. The Morgan fingerprint density at radius 2 is 1.83 bits per heavy atom. The average Bonchev–Trinajstić information content (AvgIpc) is 3.55. The molecule has 0 radical (unpaired) electrons. The van der Waals surface area contributed by atoms with E-state index in [1.165, 1.54) is 7.11 Å². The molecule has 1 saturated heterocycles. The molecule has 224 valence electrons. The summed E-state index contributed by atoms with van der Waals surface area (Å²) in [6.45, 7) is 3.64. The zero-order valence-corrected chi connectivity index (χ0v) is 24.4. The van der Waals surface area contributed by atoms with E-state index in [1.807, 2.05) is 44.2 Å². The lowest BCUT2D eigenvalue weighted by atomic mass is 9.98. The summed E-state index contributed by atoms with van der Waals surface area (Å²) in [6.07, 6.45) is 8.35. The van der Waals surface area contributed by atoms with Gasteiger partial charge in [0.15, 0.2) is 12.6 Å². The number of benzene rings is 2. The molecule has 9 heteroatoms. The molecular formula is C33H38O9. The van der Waals surface area contributed by atoms with Gasteiger partial charge in [-0.1, -0.05) is 36.4 Å². The summed E-state index contributed by atoms with van der Waals surface area (Å²) in [7, 11) is 3.06. The van der Waals surface area contributed by atoms with Crippen LogP contribution in [0.15, 0.2) is 60.7 Å². The van der Waals surface area contributed by atoms with Crippen molar-refractivity contribution in [3.63, 3.8) is 0 Å². The summed E-state index contributed by atoms with van der Waals surface area (Å²) >= 11 is 0. The minimum Gasteiger partial charge on any atom is -0.497 e. The summed E-state index contributed by atoms with van der Waals surface area (Å²) in [5.74, 6) is -1.06. The largest absolute Gasteiger partial charge is 0.497 e. The summed E-state index contributed by atoms with van der Waals surface area (Å²) in [5, 5.41) is 0.